The number of nitrogens with two attached hydrogens (primary N) is 1. The Labute approximate surface area is 726 Å². The molecule has 0 radical (unpaired) electrons. The molecular weight excluding hydrogens is 1790 g/mol. The molecule has 25 heteroatoms. The number of hydrogen-bond donors (Lipinski definition) is 4. The van der Waals surface area contributed by atoms with E-state index in [0.29, 0.717) is 19.4 Å². The van der Waals surface area contributed by atoms with E-state index >= 15 is 0 Å². The summed E-state index contributed by atoms with van der Waals surface area (Å²) in [6.07, 6.45) is 9.13. The van der Waals surface area contributed by atoms with Crippen LogP contribution in [0.3, 0.4) is 0 Å². The SMILES string of the molecule is Brc1cccc2ccccc12.Brc1cnc(-c2nc3ccccc3c3c2ccc2ccccc23)cn1.Nc1ccccc1-c1cccc2ccccc12.O=C(Cl)c1cnc(Br)cn1.O=C(Nc1ccccc1-c1cccc2ccccc12)c1cnc(Br)cn1.O=[N+]([O-])c1ccccc1-c1cccc2ccccc12.O=[N+]([O-])c1ccccc1B(O)O. The van der Waals surface area contributed by atoms with Crippen LogP contribution in [0.4, 0.5) is 22.7 Å². The Morgan fingerprint density at radius 3 is 1.27 bits per heavy atom. The highest BCUT2D eigenvalue weighted by Crippen LogP contribution is 2.39. The summed E-state index contributed by atoms with van der Waals surface area (Å²) in [5, 5.41) is 56.6. The average Bonchev–Trinajstić information content (AvgIpc) is 0.741. The highest BCUT2D eigenvalue weighted by Gasteiger charge is 2.23. The first-order valence-corrected chi connectivity index (χ1v) is 40.4. The monoisotopic (exact) mass is 1850 g/mol. The van der Waals surface area contributed by atoms with Gasteiger partial charge < -0.3 is 21.1 Å². The Morgan fingerprint density at radius 1 is 0.367 bits per heavy atom. The molecule has 0 bridgehead atoms. The Hall–Kier alpha value is -13.6. The molecular formula is C95H65BBr4ClN11O8. The number of para-hydroxylation sites is 5. The highest BCUT2D eigenvalue weighted by molar-refractivity contribution is 9.11. The number of rotatable bonds is 10. The summed E-state index contributed by atoms with van der Waals surface area (Å²) in [5.74, 6) is -0.294. The summed E-state index contributed by atoms with van der Waals surface area (Å²) in [6.45, 7) is 0. The van der Waals surface area contributed by atoms with Crippen molar-refractivity contribution in [3.63, 3.8) is 0 Å². The number of amides is 1. The Bertz CT molecular complexity index is 6900. The van der Waals surface area contributed by atoms with Crippen LogP contribution < -0.4 is 16.5 Å². The second kappa shape index (κ2) is 40.5. The summed E-state index contributed by atoms with van der Waals surface area (Å²) in [7, 11) is -1.80. The average molecular weight is 1850 g/mol. The molecule has 15 aromatic carbocycles. The van der Waals surface area contributed by atoms with Gasteiger partial charge in [-0.1, -0.05) is 301 Å². The minimum Gasteiger partial charge on any atom is -0.423 e. The minimum atomic E-state index is -1.80. The number of nitro groups is 2. The molecule has 0 saturated heterocycles. The van der Waals surface area contributed by atoms with E-state index in [-0.39, 0.29) is 39.1 Å². The van der Waals surface area contributed by atoms with Crippen molar-refractivity contribution in [3.8, 4) is 44.8 Å². The van der Waals surface area contributed by atoms with Crippen LogP contribution in [0.5, 0.6) is 0 Å². The zero-order valence-electron chi connectivity index (χ0n) is 63.1. The van der Waals surface area contributed by atoms with Gasteiger partial charge in [0.1, 0.15) is 30.9 Å². The molecule has 586 valence electrons. The summed E-state index contributed by atoms with van der Waals surface area (Å²) < 4.78 is 3.04. The van der Waals surface area contributed by atoms with Gasteiger partial charge in [-0.3, -0.25) is 34.8 Å². The van der Waals surface area contributed by atoms with Crippen LogP contribution in [0.25, 0.3) is 120 Å². The molecule has 1 amide bonds. The molecule has 0 unspecified atom stereocenters. The van der Waals surface area contributed by atoms with Gasteiger partial charge in [-0.25, -0.2) is 29.9 Å². The molecule has 0 atom stereocenters. The molecule has 0 aliphatic heterocycles. The maximum atomic E-state index is 12.5. The van der Waals surface area contributed by atoms with Gasteiger partial charge in [0.15, 0.2) is 0 Å². The lowest BCUT2D eigenvalue weighted by atomic mass is 9.79. The van der Waals surface area contributed by atoms with Gasteiger partial charge in [-0.2, -0.15) is 0 Å². The van der Waals surface area contributed by atoms with E-state index in [1.165, 1.54) is 98.4 Å². The maximum absolute atomic E-state index is 12.5. The standard InChI is InChI=1S/C21H14BrN3O.C21H12BrN3.C16H11NO2.C16H13N.C10H7Br.C6H6BNO4.C5H2BrClN2O/c22-20-13-23-19(12-24-20)21(26)25-18-11-4-3-9-17(18)16-10-5-7-14-6-1-2-8-15(14)16;22-19-12-23-18(11-24-19)21-16-10-9-13-5-1-2-6-14(13)20(16)15-7-3-4-8-17(15)25-21;18-17(19)16-11-4-3-9-15(16)14-10-5-7-12-6-1-2-8-13(12)14;17-16-11-4-3-9-15(16)14-10-5-7-12-6-1-2-8-13(12)14;11-10-7-3-5-8-4-1-2-6-9(8)10;9-7(10)5-3-1-2-4-6(5)8(11)12;6-4-2-8-3(1-9-4)5(7)10/h1-13H,(H,25,26);1-12H;1-11H;1-11H,17H2;1-7H;1-4,9-10H;1-2H. The molecule has 0 spiro atoms. The highest BCUT2D eigenvalue weighted by atomic mass is 79.9. The first-order valence-electron chi connectivity index (χ1n) is 36.9. The van der Waals surface area contributed by atoms with Crippen molar-refractivity contribution in [2.75, 3.05) is 11.1 Å². The molecule has 0 aliphatic rings. The van der Waals surface area contributed by atoms with Crippen molar-refractivity contribution in [3.05, 3.63) is 415 Å². The molecule has 0 saturated carbocycles. The first-order chi connectivity index (χ1) is 58.4. The molecule has 120 heavy (non-hydrogen) atoms. The van der Waals surface area contributed by atoms with Crippen LogP contribution in [0.1, 0.15) is 21.0 Å². The van der Waals surface area contributed by atoms with Crippen molar-refractivity contribution in [2.24, 2.45) is 0 Å². The number of hydrogen-bond acceptors (Lipinski definition) is 16. The number of carbonyl (C=O) groups excluding carboxylic acids is 2. The van der Waals surface area contributed by atoms with Crippen LogP contribution in [0, 0.1) is 20.2 Å². The van der Waals surface area contributed by atoms with Crippen LogP contribution in [0.2, 0.25) is 0 Å². The molecule has 4 heterocycles. The molecule has 19 rings (SSSR count). The number of nitrogen functional groups attached to an aromatic ring is 1. The van der Waals surface area contributed by atoms with Gasteiger partial charge in [0.05, 0.1) is 69.3 Å². The van der Waals surface area contributed by atoms with Crippen molar-refractivity contribution < 1.29 is 29.5 Å². The summed E-state index contributed by atoms with van der Waals surface area (Å²) >= 11 is 18.2. The molecule has 5 N–H and O–H groups in total. The van der Waals surface area contributed by atoms with Crippen LogP contribution >= 0.6 is 75.3 Å². The fourth-order valence-corrected chi connectivity index (χ4v) is 14.5. The van der Waals surface area contributed by atoms with Gasteiger partial charge in [0, 0.05) is 55.3 Å². The molecule has 19 nitrogen and oxygen atoms in total. The molecule has 0 aliphatic carbocycles. The lowest BCUT2D eigenvalue weighted by Crippen LogP contribution is -2.31. The zero-order valence-corrected chi connectivity index (χ0v) is 70.2. The number of carbonyl (C=O) groups is 2. The number of nitrogens with one attached hydrogen (secondary N) is 1. The molecule has 0 fully saturated rings. The van der Waals surface area contributed by atoms with Crippen molar-refractivity contribution in [1.29, 1.82) is 0 Å². The number of anilines is 2. The quantitative estimate of drug-likeness (QED) is 0.0247. The van der Waals surface area contributed by atoms with Crippen molar-refractivity contribution >= 4 is 197 Å². The van der Waals surface area contributed by atoms with E-state index in [1.807, 2.05) is 133 Å². The molecule has 4 aromatic heterocycles. The zero-order chi connectivity index (χ0) is 84.0. The minimum absolute atomic E-state index is 0.0949. The van der Waals surface area contributed by atoms with Gasteiger partial charge in [-0.05, 0) is 160 Å². The number of fused-ring (bicyclic) bond motifs is 9. The van der Waals surface area contributed by atoms with E-state index in [1.54, 1.807) is 24.5 Å². The van der Waals surface area contributed by atoms with E-state index in [0.717, 1.165) is 87.3 Å². The van der Waals surface area contributed by atoms with Crippen LogP contribution in [-0.2, 0) is 0 Å². The normalized spacial score (nSPS) is 10.5. The Morgan fingerprint density at radius 2 is 0.767 bits per heavy atom. The third kappa shape index (κ3) is 20.9. The third-order valence-corrected chi connectivity index (χ3v) is 20.9. The largest absolute Gasteiger partial charge is 0.495 e. The van der Waals surface area contributed by atoms with Crippen molar-refractivity contribution in [2.45, 2.75) is 0 Å². The van der Waals surface area contributed by atoms with Gasteiger partial charge in [-0.15, -0.1) is 0 Å². The van der Waals surface area contributed by atoms with E-state index in [4.69, 9.17) is 32.4 Å². The van der Waals surface area contributed by atoms with Gasteiger partial charge in [0.25, 0.3) is 22.5 Å². The van der Waals surface area contributed by atoms with E-state index < -0.39 is 17.3 Å². The number of halogens is 5. The van der Waals surface area contributed by atoms with Crippen molar-refractivity contribution in [1.82, 2.24) is 34.9 Å². The van der Waals surface area contributed by atoms with Crippen LogP contribution in [0.15, 0.2) is 383 Å². The predicted molar refractivity (Wildman–Crippen MR) is 497 cm³/mol. The first kappa shape index (κ1) is 84.4. The summed E-state index contributed by atoms with van der Waals surface area (Å²) in [4.78, 5) is 72.7. The summed E-state index contributed by atoms with van der Waals surface area (Å²) in [5.41, 5.74) is 16.3. The number of benzene rings is 15. The van der Waals surface area contributed by atoms with E-state index in [2.05, 4.69) is 251 Å². The topological polar surface area (TPSA) is 289 Å². The smallest absolute Gasteiger partial charge is 0.423 e. The number of aromatic nitrogens is 7. The van der Waals surface area contributed by atoms with Crippen LogP contribution in [-0.4, -0.2) is 73.1 Å². The van der Waals surface area contributed by atoms with Gasteiger partial charge >= 0.3 is 7.12 Å². The second-order valence-electron chi connectivity index (χ2n) is 26.2. The maximum Gasteiger partial charge on any atom is 0.495 e. The third-order valence-electron chi connectivity index (χ3n) is 18.8. The number of nitrogens with zero attached hydrogens (tertiary/aromatic N) is 9. The number of nitro benzene ring substituents is 2. The Balaban J connectivity index is 0.000000124. The fraction of sp³-hybridized carbons (Fsp3) is 0. The Kier molecular flexibility index (Phi) is 28.5. The summed E-state index contributed by atoms with van der Waals surface area (Å²) in [6, 6.07) is 106. The second-order valence-corrected chi connectivity index (χ2v) is 29.9. The predicted octanol–water partition coefficient (Wildman–Crippen LogP) is 24.1. The number of pyridine rings is 1. The van der Waals surface area contributed by atoms with E-state index in [9.17, 15) is 29.8 Å². The lowest BCUT2D eigenvalue weighted by molar-refractivity contribution is -0.384. The lowest BCUT2D eigenvalue weighted by Gasteiger charge is -2.13. The van der Waals surface area contributed by atoms with Gasteiger partial charge in [0.2, 0.25) is 0 Å². The molecule has 19 aromatic rings. The fourth-order valence-electron chi connectivity index (χ4n) is 13.3.